The summed E-state index contributed by atoms with van der Waals surface area (Å²) in [4.78, 5) is 46.0. The van der Waals surface area contributed by atoms with E-state index >= 15 is 0 Å². The zero-order chi connectivity index (χ0) is 22.6. The molecule has 31 heavy (non-hydrogen) atoms. The fourth-order valence-electron chi connectivity index (χ4n) is 3.33. The Hall–Kier alpha value is -2.94. The molecule has 1 saturated carbocycles. The van der Waals surface area contributed by atoms with Gasteiger partial charge in [-0.25, -0.2) is 9.97 Å². The summed E-state index contributed by atoms with van der Waals surface area (Å²) < 4.78 is 0. The van der Waals surface area contributed by atoms with Gasteiger partial charge in [0.2, 0.25) is 5.91 Å². The molecular weight excluding hydrogens is 420 g/mol. The summed E-state index contributed by atoms with van der Waals surface area (Å²) in [7, 11) is 1.80. The maximum Gasteiger partial charge on any atom is 0.270 e. The number of hydrogen-bond donors (Lipinski definition) is 3. The molecule has 1 aromatic rings. The second-order valence-electron chi connectivity index (χ2n) is 7.98. The average Bonchev–Trinajstić information content (AvgIpc) is 3.54. The standard InChI is InChI=1S/C21H27ClN6O3/c1-4-5-8-21(2)27-20(31)18(28(21)3)15(22)9-14(11-29)25-16-10-17(24-12-23-16)26-19(30)13-6-7-13/h9-13H,4-8H2,1-3H3,(H,27,31)(H2,23,24,25,26,30)/b14-9+,18-15-. The minimum absolute atomic E-state index is 0.0415. The molecule has 0 bridgehead atoms. The smallest absolute Gasteiger partial charge is 0.270 e. The number of carbonyl (C=O) groups excluding carboxylic acids is 3. The number of aromatic nitrogens is 2. The van der Waals surface area contributed by atoms with Crippen LogP contribution in [0.25, 0.3) is 0 Å². The molecule has 1 unspecified atom stereocenters. The first kappa shape index (κ1) is 22.7. The molecule has 9 nitrogen and oxygen atoms in total. The van der Waals surface area contributed by atoms with Gasteiger partial charge in [-0.3, -0.25) is 14.4 Å². The Labute approximate surface area is 186 Å². The number of amides is 2. The highest BCUT2D eigenvalue weighted by Crippen LogP contribution is 2.32. The first-order valence-corrected chi connectivity index (χ1v) is 10.7. The molecule has 1 saturated heterocycles. The molecule has 0 spiro atoms. The van der Waals surface area contributed by atoms with Crippen molar-refractivity contribution >= 4 is 41.3 Å². The molecule has 3 rings (SSSR count). The van der Waals surface area contributed by atoms with Gasteiger partial charge in [-0.05, 0) is 38.7 Å². The second-order valence-corrected chi connectivity index (χ2v) is 8.39. The number of nitrogens with one attached hydrogen (secondary N) is 3. The third kappa shape index (κ3) is 5.41. The zero-order valence-corrected chi connectivity index (χ0v) is 18.6. The molecule has 0 aromatic carbocycles. The monoisotopic (exact) mass is 446 g/mol. The van der Waals surface area contributed by atoms with E-state index in [1.54, 1.807) is 7.05 Å². The van der Waals surface area contributed by atoms with Gasteiger partial charge in [0.05, 0.1) is 10.7 Å². The van der Waals surface area contributed by atoms with Crippen LogP contribution in [0.2, 0.25) is 0 Å². The van der Waals surface area contributed by atoms with Gasteiger partial charge in [0.15, 0.2) is 6.29 Å². The first-order valence-electron chi connectivity index (χ1n) is 10.3. The highest BCUT2D eigenvalue weighted by Gasteiger charge is 2.42. The van der Waals surface area contributed by atoms with Crippen molar-refractivity contribution in [1.82, 2.24) is 20.2 Å². The number of likely N-dealkylation sites (N-methyl/N-ethyl adjacent to an activating group) is 1. The maximum absolute atomic E-state index is 12.5. The number of hydrogen-bond acceptors (Lipinski definition) is 7. The van der Waals surface area contributed by atoms with Crippen LogP contribution in [-0.2, 0) is 14.4 Å². The number of unbranched alkanes of at least 4 members (excludes halogenated alkanes) is 1. The third-order valence-electron chi connectivity index (χ3n) is 5.47. The lowest BCUT2D eigenvalue weighted by Crippen LogP contribution is -2.47. The van der Waals surface area contributed by atoms with Crippen molar-refractivity contribution in [1.29, 1.82) is 0 Å². The molecular formula is C21H27ClN6O3. The fraction of sp³-hybridized carbons (Fsp3) is 0.476. The Balaban J connectivity index is 1.77. The van der Waals surface area contributed by atoms with Gasteiger partial charge >= 0.3 is 0 Å². The first-order chi connectivity index (χ1) is 14.8. The summed E-state index contributed by atoms with van der Waals surface area (Å²) in [6, 6.07) is 1.52. The van der Waals surface area contributed by atoms with Crippen LogP contribution in [0.4, 0.5) is 11.6 Å². The summed E-state index contributed by atoms with van der Waals surface area (Å²) in [6.45, 7) is 4.03. The lowest BCUT2D eigenvalue weighted by molar-refractivity contribution is -0.118. The Morgan fingerprint density at radius 3 is 2.65 bits per heavy atom. The van der Waals surface area contributed by atoms with Crippen LogP contribution in [0.15, 0.2) is 34.9 Å². The number of carbonyl (C=O) groups is 3. The molecule has 166 valence electrons. The Morgan fingerprint density at radius 1 is 1.35 bits per heavy atom. The largest absolute Gasteiger partial charge is 0.346 e. The maximum atomic E-state index is 12.5. The topological polar surface area (TPSA) is 116 Å². The molecule has 2 heterocycles. The summed E-state index contributed by atoms with van der Waals surface area (Å²) in [5, 5.41) is 8.68. The van der Waals surface area contributed by atoms with E-state index in [2.05, 4.69) is 32.8 Å². The van der Waals surface area contributed by atoms with E-state index in [-0.39, 0.29) is 28.5 Å². The Kier molecular flexibility index (Phi) is 6.94. The van der Waals surface area contributed by atoms with E-state index in [0.29, 0.717) is 23.6 Å². The number of halogens is 1. The zero-order valence-electron chi connectivity index (χ0n) is 17.9. The Bertz CT molecular complexity index is 943. The molecule has 1 atom stereocenters. The van der Waals surface area contributed by atoms with E-state index in [9.17, 15) is 14.4 Å². The number of nitrogens with zero attached hydrogens (tertiary/aromatic N) is 3. The number of allylic oxidation sites excluding steroid dienone is 3. The van der Waals surface area contributed by atoms with Gasteiger partial charge in [-0.2, -0.15) is 0 Å². The van der Waals surface area contributed by atoms with Crippen molar-refractivity contribution in [3.63, 3.8) is 0 Å². The van der Waals surface area contributed by atoms with Crippen molar-refractivity contribution in [2.24, 2.45) is 5.92 Å². The van der Waals surface area contributed by atoms with Gasteiger partial charge in [-0.15, -0.1) is 0 Å². The van der Waals surface area contributed by atoms with E-state index in [4.69, 9.17) is 11.6 Å². The quantitative estimate of drug-likeness (QED) is 0.394. The normalized spacial score (nSPS) is 22.8. The molecule has 1 aromatic heterocycles. The number of aldehydes is 1. The molecule has 1 aliphatic heterocycles. The SMILES string of the molecule is CCCCC1(C)NC(=O)/C(=C(Cl)\C=C(/C=O)Nc2cc(NC(=O)C3CC3)ncn2)N1C. The van der Waals surface area contributed by atoms with Crippen LogP contribution >= 0.6 is 11.6 Å². The summed E-state index contributed by atoms with van der Waals surface area (Å²) >= 11 is 6.43. The van der Waals surface area contributed by atoms with E-state index in [1.165, 1.54) is 18.5 Å². The summed E-state index contributed by atoms with van der Waals surface area (Å²) in [6.07, 6.45) is 7.75. The lowest BCUT2D eigenvalue weighted by Gasteiger charge is -2.33. The molecule has 0 radical (unpaired) electrons. The van der Waals surface area contributed by atoms with Crippen molar-refractivity contribution < 1.29 is 14.4 Å². The van der Waals surface area contributed by atoms with Crippen LogP contribution in [0.1, 0.15) is 46.0 Å². The highest BCUT2D eigenvalue weighted by atomic mass is 35.5. The second kappa shape index (κ2) is 9.47. The predicted octanol–water partition coefficient (Wildman–Crippen LogP) is 2.74. The lowest BCUT2D eigenvalue weighted by atomic mass is 10.0. The van der Waals surface area contributed by atoms with E-state index in [1.807, 2.05) is 11.8 Å². The van der Waals surface area contributed by atoms with Gasteiger partial charge in [0, 0.05) is 19.0 Å². The van der Waals surface area contributed by atoms with Crippen LogP contribution in [0, 0.1) is 5.92 Å². The van der Waals surface area contributed by atoms with Gasteiger partial charge in [0.25, 0.3) is 5.91 Å². The molecule has 3 N–H and O–H groups in total. The fourth-order valence-corrected chi connectivity index (χ4v) is 3.66. The summed E-state index contributed by atoms with van der Waals surface area (Å²) in [5.74, 6) is 0.320. The van der Waals surface area contributed by atoms with Crippen LogP contribution in [0.3, 0.4) is 0 Å². The van der Waals surface area contributed by atoms with Crippen LogP contribution < -0.4 is 16.0 Å². The highest BCUT2D eigenvalue weighted by molar-refractivity contribution is 6.33. The predicted molar refractivity (Wildman–Crippen MR) is 118 cm³/mol. The summed E-state index contributed by atoms with van der Waals surface area (Å²) in [5.41, 5.74) is -0.132. The van der Waals surface area contributed by atoms with Crippen molar-refractivity contribution in [2.45, 2.75) is 51.6 Å². The minimum Gasteiger partial charge on any atom is -0.346 e. The molecule has 2 fully saturated rings. The van der Waals surface area contributed by atoms with E-state index < -0.39 is 5.66 Å². The average molecular weight is 447 g/mol. The van der Waals surface area contributed by atoms with Crippen molar-refractivity contribution in [3.05, 3.63) is 34.9 Å². The minimum atomic E-state index is -0.535. The molecule has 10 heteroatoms. The molecule has 2 aliphatic rings. The van der Waals surface area contributed by atoms with Gasteiger partial charge in [0.1, 0.15) is 29.3 Å². The number of rotatable bonds is 9. The van der Waals surface area contributed by atoms with Crippen LogP contribution in [-0.4, -0.2) is 45.7 Å². The molecule has 1 aliphatic carbocycles. The van der Waals surface area contributed by atoms with Crippen molar-refractivity contribution in [3.8, 4) is 0 Å². The van der Waals surface area contributed by atoms with Gasteiger partial charge in [-0.1, -0.05) is 24.9 Å². The van der Waals surface area contributed by atoms with Gasteiger partial charge < -0.3 is 20.9 Å². The van der Waals surface area contributed by atoms with E-state index in [0.717, 1.165) is 32.1 Å². The van der Waals surface area contributed by atoms with Crippen LogP contribution in [0.5, 0.6) is 0 Å². The number of anilines is 2. The Morgan fingerprint density at radius 2 is 2.03 bits per heavy atom. The molecule has 2 amide bonds. The van der Waals surface area contributed by atoms with Crippen molar-refractivity contribution in [2.75, 3.05) is 17.7 Å². The third-order valence-corrected chi connectivity index (χ3v) is 5.75.